The maximum Gasteiger partial charge on any atom is 0.316 e. The molecule has 2 heterocycles. The number of dihydropyridines is 1. The number of aromatic nitrogens is 1. The van der Waals surface area contributed by atoms with Crippen molar-refractivity contribution in [2.45, 2.75) is 13.3 Å². The Morgan fingerprint density at radius 3 is 2.81 bits per heavy atom. The first-order valence-electron chi connectivity index (χ1n) is 5.85. The van der Waals surface area contributed by atoms with Gasteiger partial charge < -0.3 is 22.5 Å². The summed E-state index contributed by atoms with van der Waals surface area (Å²) >= 11 is 1.25. The summed E-state index contributed by atoms with van der Waals surface area (Å²) in [5.41, 5.74) is 18.0. The third kappa shape index (κ3) is 3.42. The molecule has 8 N–H and O–H groups in total. The molecule has 0 saturated heterocycles. The van der Waals surface area contributed by atoms with Crippen LogP contribution in [0, 0.1) is 5.41 Å². The van der Waals surface area contributed by atoms with Gasteiger partial charge in [0, 0.05) is 17.5 Å². The van der Waals surface area contributed by atoms with Crippen LogP contribution in [-0.2, 0) is 0 Å². The highest BCUT2D eigenvalue weighted by Crippen LogP contribution is 2.24. The van der Waals surface area contributed by atoms with Crippen LogP contribution in [0.25, 0.3) is 0 Å². The van der Waals surface area contributed by atoms with E-state index in [-0.39, 0.29) is 18.2 Å². The number of amidine groups is 1. The van der Waals surface area contributed by atoms with Crippen LogP contribution in [0.3, 0.4) is 0 Å². The van der Waals surface area contributed by atoms with E-state index in [4.69, 9.17) is 22.6 Å². The van der Waals surface area contributed by atoms with E-state index < -0.39 is 6.03 Å². The Bertz CT molecular complexity index is 695. The molecule has 1 aromatic rings. The van der Waals surface area contributed by atoms with Crippen LogP contribution < -0.4 is 22.5 Å². The number of allylic oxidation sites excluding steroid dienone is 1. The smallest absolute Gasteiger partial charge is 0.316 e. The molecule has 0 aromatic carbocycles. The van der Waals surface area contributed by atoms with Gasteiger partial charge in [-0.2, -0.15) is 4.99 Å². The highest BCUT2D eigenvalue weighted by atomic mass is 32.1. The minimum absolute atomic E-state index is 0.0856. The van der Waals surface area contributed by atoms with Gasteiger partial charge in [0.25, 0.3) is 0 Å². The third-order valence-corrected chi connectivity index (χ3v) is 3.37. The normalized spacial score (nSPS) is 14.7. The first-order valence-corrected chi connectivity index (χ1v) is 6.73. The summed E-state index contributed by atoms with van der Waals surface area (Å²) in [6, 6.07) is -0.683. The van der Waals surface area contributed by atoms with E-state index in [9.17, 15) is 4.79 Å². The highest BCUT2D eigenvalue weighted by Gasteiger charge is 2.21. The molecule has 0 unspecified atom stereocenters. The number of nitrogens with one attached hydrogen (secondary N) is 2. The van der Waals surface area contributed by atoms with E-state index >= 15 is 0 Å². The predicted molar refractivity (Wildman–Crippen MR) is 81.9 cm³/mol. The number of nitrogens with zero attached hydrogens (tertiary/aromatic N) is 3. The van der Waals surface area contributed by atoms with Crippen molar-refractivity contribution in [3.05, 3.63) is 22.3 Å². The summed E-state index contributed by atoms with van der Waals surface area (Å²) in [4.78, 5) is 23.3. The van der Waals surface area contributed by atoms with Crippen molar-refractivity contribution in [3.63, 3.8) is 0 Å². The number of carbonyl (C=O) groups excluding carboxylic acids is 1. The minimum atomic E-state index is -0.683. The fraction of sp³-hybridized carbons (Fsp3) is 0.182. The molecule has 21 heavy (non-hydrogen) atoms. The molecule has 0 atom stereocenters. The Morgan fingerprint density at radius 1 is 1.48 bits per heavy atom. The summed E-state index contributed by atoms with van der Waals surface area (Å²) in [6.45, 7) is 1.77. The van der Waals surface area contributed by atoms with E-state index in [1.54, 1.807) is 12.3 Å². The zero-order valence-electron chi connectivity index (χ0n) is 11.2. The Kier molecular flexibility index (Phi) is 3.98. The molecule has 10 heteroatoms. The molecule has 0 aliphatic carbocycles. The summed E-state index contributed by atoms with van der Waals surface area (Å²) < 4.78 is 0. The lowest BCUT2D eigenvalue weighted by Crippen LogP contribution is -2.33. The summed E-state index contributed by atoms with van der Waals surface area (Å²) in [7, 11) is 0. The van der Waals surface area contributed by atoms with E-state index in [0.29, 0.717) is 27.8 Å². The van der Waals surface area contributed by atoms with Crippen LogP contribution in [-0.4, -0.2) is 28.5 Å². The van der Waals surface area contributed by atoms with Gasteiger partial charge in [-0.1, -0.05) is 0 Å². The third-order valence-electron chi connectivity index (χ3n) is 2.63. The summed E-state index contributed by atoms with van der Waals surface area (Å²) in [6.07, 6.45) is 0.211. The van der Waals surface area contributed by atoms with Gasteiger partial charge in [0.15, 0.2) is 5.96 Å². The highest BCUT2D eigenvalue weighted by molar-refractivity contribution is 7.13. The van der Waals surface area contributed by atoms with Crippen LogP contribution in [0.1, 0.15) is 19.0 Å². The average Bonchev–Trinajstić information content (AvgIpc) is 2.80. The molecule has 1 aliphatic heterocycles. The number of hydrogen-bond acceptors (Lipinski definition) is 5. The minimum Gasteiger partial charge on any atom is -0.370 e. The quantitative estimate of drug-likeness (QED) is 0.396. The molecule has 9 nitrogen and oxygen atoms in total. The number of urea groups is 1. The Hall–Kier alpha value is -2.75. The molecular weight excluding hydrogens is 292 g/mol. The van der Waals surface area contributed by atoms with Gasteiger partial charge in [0.1, 0.15) is 11.5 Å². The van der Waals surface area contributed by atoms with Gasteiger partial charge in [0.05, 0.1) is 5.71 Å². The van der Waals surface area contributed by atoms with Gasteiger partial charge in [-0.25, -0.2) is 14.8 Å². The molecule has 110 valence electrons. The lowest BCUT2D eigenvalue weighted by atomic mass is 10.0. The molecular formula is C11H14N8OS. The maximum atomic E-state index is 11.0. The topological polar surface area (TPSA) is 169 Å². The van der Waals surface area contributed by atoms with Crippen LogP contribution in [0.15, 0.2) is 26.6 Å². The number of amides is 2. The second-order valence-corrected chi connectivity index (χ2v) is 5.07. The standard InChI is InChI=1S/C11H14N8OS/c1-4-5(16-10(15)20)2-7(12)18-8(4)6-3-21-11(17-6)19-9(13)14/h3,12H,2H2,1H3,(H3,15,16,20)(H4,13,14,17,19). The number of aliphatic imine (C=N–C) groups is 2. The van der Waals surface area contributed by atoms with Gasteiger partial charge in [-0.15, -0.1) is 11.3 Å². The van der Waals surface area contributed by atoms with Gasteiger partial charge in [-0.05, 0) is 12.5 Å². The van der Waals surface area contributed by atoms with Crippen molar-refractivity contribution in [1.82, 2.24) is 10.3 Å². The number of carbonyl (C=O) groups is 1. The fourth-order valence-electron chi connectivity index (χ4n) is 1.77. The second kappa shape index (κ2) is 5.71. The zero-order chi connectivity index (χ0) is 15.6. The molecule has 0 spiro atoms. The van der Waals surface area contributed by atoms with E-state index in [0.717, 1.165) is 0 Å². The summed E-state index contributed by atoms with van der Waals surface area (Å²) in [5.74, 6) is 0.0216. The maximum absolute atomic E-state index is 11.0. The average molecular weight is 306 g/mol. The number of nitrogens with two attached hydrogens (primary N) is 3. The molecule has 0 saturated carbocycles. The molecule has 1 aromatic heterocycles. The van der Waals surface area contributed by atoms with E-state index in [1.807, 2.05) is 0 Å². The van der Waals surface area contributed by atoms with Gasteiger partial charge >= 0.3 is 6.03 Å². The van der Waals surface area contributed by atoms with Crippen molar-refractivity contribution in [2.75, 3.05) is 0 Å². The van der Waals surface area contributed by atoms with Gasteiger partial charge in [-0.3, -0.25) is 5.41 Å². The SMILES string of the molecule is CC1=C(NC(N)=O)CC(=N)N=C1c1csc(N=C(N)N)n1. The Morgan fingerprint density at radius 2 is 2.19 bits per heavy atom. The Labute approximate surface area is 124 Å². The second-order valence-electron chi connectivity index (χ2n) is 4.23. The molecule has 0 radical (unpaired) electrons. The van der Waals surface area contributed by atoms with E-state index in [1.165, 1.54) is 11.3 Å². The molecule has 2 amide bonds. The largest absolute Gasteiger partial charge is 0.370 e. The summed E-state index contributed by atoms with van der Waals surface area (Å²) in [5, 5.41) is 12.4. The zero-order valence-corrected chi connectivity index (χ0v) is 12.0. The number of guanidine groups is 1. The van der Waals surface area contributed by atoms with Crippen molar-refractivity contribution in [1.29, 1.82) is 5.41 Å². The van der Waals surface area contributed by atoms with Gasteiger partial charge in [0.2, 0.25) is 5.13 Å². The van der Waals surface area contributed by atoms with Crippen molar-refractivity contribution >= 4 is 40.0 Å². The van der Waals surface area contributed by atoms with Crippen LogP contribution >= 0.6 is 11.3 Å². The van der Waals surface area contributed by atoms with Crippen molar-refractivity contribution < 1.29 is 4.79 Å². The number of primary amides is 1. The molecule has 0 bridgehead atoms. The van der Waals surface area contributed by atoms with Crippen LogP contribution in [0.4, 0.5) is 9.93 Å². The van der Waals surface area contributed by atoms with Crippen molar-refractivity contribution in [3.8, 4) is 0 Å². The van der Waals surface area contributed by atoms with E-state index in [2.05, 4.69) is 20.3 Å². The Balaban J connectivity index is 2.39. The number of rotatable bonds is 3. The molecule has 2 rings (SSSR count). The molecule has 0 fully saturated rings. The number of hydrogen-bond donors (Lipinski definition) is 5. The van der Waals surface area contributed by atoms with Crippen molar-refractivity contribution in [2.24, 2.45) is 27.2 Å². The first kappa shape index (κ1) is 14.7. The van der Waals surface area contributed by atoms with Crippen LogP contribution in [0.5, 0.6) is 0 Å². The molecule has 1 aliphatic rings. The lowest BCUT2D eigenvalue weighted by Gasteiger charge is -2.17. The predicted octanol–water partition coefficient (Wildman–Crippen LogP) is 0.160. The first-order chi connectivity index (χ1) is 9.86. The monoisotopic (exact) mass is 306 g/mol. The lowest BCUT2D eigenvalue weighted by molar-refractivity contribution is 0.251. The number of thiazole rings is 1. The fourth-order valence-corrected chi connectivity index (χ4v) is 2.46. The van der Waals surface area contributed by atoms with Crippen LogP contribution in [0.2, 0.25) is 0 Å².